The van der Waals surface area contributed by atoms with E-state index in [9.17, 15) is 4.79 Å². The first kappa shape index (κ1) is 12.9. The van der Waals surface area contributed by atoms with Gasteiger partial charge >= 0.3 is 0 Å². The lowest BCUT2D eigenvalue weighted by molar-refractivity contribution is -0.144. The molecule has 0 spiro atoms. The molecule has 2 heteroatoms. The fraction of sp³-hybridized carbons (Fsp3) is 0.933. The maximum absolute atomic E-state index is 12.0. The second-order valence-corrected chi connectivity index (χ2v) is 6.15. The number of carbonyl (C=O) groups excluding carboxylic acids is 1. The van der Waals surface area contributed by atoms with E-state index in [-0.39, 0.29) is 0 Å². The number of hydrogen-bond acceptors (Lipinski definition) is 1. The lowest BCUT2D eigenvalue weighted by Crippen LogP contribution is -2.57. The molecule has 0 aromatic rings. The van der Waals surface area contributed by atoms with E-state index in [0.717, 1.165) is 31.8 Å². The average Bonchev–Trinajstić information content (AvgIpc) is 2.79. The third-order valence-corrected chi connectivity index (χ3v) is 5.15. The second-order valence-electron chi connectivity index (χ2n) is 6.15. The Morgan fingerprint density at radius 3 is 2.29 bits per heavy atom. The maximum atomic E-state index is 12.0. The molecule has 0 N–H and O–H groups in total. The van der Waals surface area contributed by atoms with Crippen molar-refractivity contribution in [3.8, 4) is 0 Å². The lowest BCUT2D eigenvalue weighted by Gasteiger charge is -2.50. The van der Waals surface area contributed by atoms with Crippen LogP contribution in [0.5, 0.6) is 0 Å². The molecule has 0 aromatic heterocycles. The SMILES string of the molecule is CCC1(CC)CN(C(=O)CCC2CCCC2)C1. The fourth-order valence-electron chi connectivity index (χ4n) is 3.42. The molecule has 0 atom stereocenters. The molecule has 0 radical (unpaired) electrons. The molecule has 0 unspecified atom stereocenters. The van der Waals surface area contributed by atoms with Crippen LogP contribution < -0.4 is 0 Å². The van der Waals surface area contributed by atoms with Crippen molar-refractivity contribution < 1.29 is 4.79 Å². The van der Waals surface area contributed by atoms with Gasteiger partial charge in [0, 0.05) is 24.9 Å². The van der Waals surface area contributed by atoms with Crippen LogP contribution in [0, 0.1) is 11.3 Å². The number of hydrogen-bond donors (Lipinski definition) is 0. The standard InChI is InChI=1S/C15H27NO/c1-3-15(4-2)11-16(12-15)14(17)10-9-13-7-5-6-8-13/h13H,3-12H2,1-2H3. The van der Waals surface area contributed by atoms with E-state index in [1.54, 1.807) is 0 Å². The van der Waals surface area contributed by atoms with Crippen LogP contribution >= 0.6 is 0 Å². The topological polar surface area (TPSA) is 20.3 Å². The van der Waals surface area contributed by atoms with Gasteiger partial charge in [-0.1, -0.05) is 39.5 Å². The zero-order valence-electron chi connectivity index (χ0n) is 11.5. The minimum absolute atomic E-state index is 0.412. The van der Waals surface area contributed by atoms with Gasteiger partial charge in [0.25, 0.3) is 0 Å². The summed E-state index contributed by atoms with van der Waals surface area (Å²) >= 11 is 0. The van der Waals surface area contributed by atoms with Gasteiger partial charge in [-0.15, -0.1) is 0 Å². The summed E-state index contributed by atoms with van der Waals surface area (Å²) in [5.74, 6) is 1.26. The number of carbonyl (C=O) groups is 1. The van der Waals surface area contributed by atoms with Crippen molar-refractivity contribution in [3.63, 3.8) is 0 Å². The van der Waals surface area contributed by atoms with Crippen molar-refractivity contribution >= 4 is 5.91 Å². The Labute approximate surface area is 106 Å². The summed E-state index contributed by atoms with van der Waals surface area (Å²) in [6.07, 6.45) is 9.87. The molecule has 1 saturated heterocycles. The minimum Gasteiger partial charge on any atom is -0.341 e. The molecule has 2 rings (SSSR count). The van der Waals surface area contributed by atoms with Crippen molar-refractivity contribution in [2.75, 3.05) is 13.1 Å². The van der Waals surface area contributed by atoms with Crippen LogP contribution in [0.1, 0.15) is 65.2 Å². The first-order valence-corrected chi connectivity index (χ1v) is 7.47. The summed E-state index contributed by atoms with van der Waals surface area (Å²) in [5.41, 5.74) is 0.461. The van der Waals surface area contributed by atoms with Gasteiger partial charge in [-0.3, -0.25) is 4.79 Å². The predicted molar refractivity (Wildman–Crippen MR) is 70.8 cm³/mol. The van der Waals surface area contributed by atoms with Gasteiger partial charge in [0.15, 0.2) is 0 Å². The number of nitrogens with zero attached hydrogens (tertiary/aromatic N) is 1. The third kappa shape index (κ3) is 2.83. The van der Waals surface area contributed by atoms with Gasteiger partial charge in [-0.25, -0.2) is 0 Å². The summed E-state index contributed by atoms with van der Waals surface area (Å²) < 4.78 is 0. The molecular weight excluding hydrogens is 210 g/mol. The Hall–Kier alpha value is -0.530. The molecule has 1 amide bonds. The smallest absolute Gasteiger partial charge is 0.222 e. The highest BCUT2D eigenvalue weighted by Gasteiger charge is 2.41. The molecule has 1 aliphatic heterocycles. The van der Waals surface area contributed by atoms with E-state index in [0.29, 0.717) is 11.3 Å². The Kier molecular flexibility index (Phi) is 4.11. The molecule has 2 aliphatic rings. The van der Waals surface area contributed by atoms with Gasteiger partial charge in [-0.2, -0.15) is 0 Å². The maximum Gasteiger partial charge on any atom is 0.222 e. The number of rotatable bonds is 5. The molecule has 1 heterocycles. The zero-order valence-corrected chi connectivity index (χ0v) is 11.5. The lowest BCUT2D eigenvalue weighted by atomic mass is 9.75. The quantitative estimate of drug-likeness (QED) is 0.715. The Balaban J connectivity index is 1.68. The summed E-state index contributed by atoms with van der Waals surface area (Å²) in [6, 6.07) is 0. The molecule has 2 fully saturated rings. The second kappa shape index (κ2) is 5.41. The van der Waals surface area contributed by atoms with E-state index in [1.807, 2.05) is 0 Å². The van der Waals surface area contributed by atoms with Crippen molar-refractivity contribution in [1.82, 2.24) is 4.90 Å². The van der Waals surface area contributed by atoms with Crippen LogP contribution in [-0.4, -0.2) is 23.9 Å². The fourth-order valence-corrected chi connectivity index (χ4v) is 3.42. The summed E-state index contributed by atoms with van der Waals surface area (Å²) in [5, 5.41) is 0. The van der Waals surface area contributed by atoms with Crippen LogP contribution in [0.25, 0.3) is 0 Å². The van der Waals surface area contributed by atoms with Crippen molar-refractivity contribution in [2.24, 2.45) is 11.3 Å². The zero-order chi connectivity index (χ0) is 12.3. The van der Waals surface area contributed by atoms with Crippen molar-refractivity contribution in [1.29, 1.82) is 0 Å². The van der Waals surface area contributed by atoms with Gasteiger partial charge in [0.2, 0.25) is 5.91 Å². The molecule has 98 valence electrons. The first-order valence-electron chi connectivity index (χ1n) is 7.47. The van der Waals surface area contributed by atoms with Crippen molar-refractivity contribution in [2.45, 2.75) is 65.2 Å². The van der Waals surface area contributed by atoms with E-state index >= 15 is 0 Å². The van der Waals surface area contributed by atoms with Crippen LogP contribution in [-0.2, 0) is 4.79 Å². The van der Waals surface area contributed by atoms with Gasteiger partial charge in [-0.05, 0) is 25.2 Å². The molecule has 2 nitrogen and oxygen atoms in total. The average molecular weight is 237 g/mol. The van der Waals surface area contributed by atoms with E-state index in [4.69, 9.17) is 0 Å². The molecule has 1 aliphatic carbocycles. The van der Waals surface area contributed by atoms with Crippen LogP contribution in [0.2, 0.25) is 0 Å². The summed E-state index contributed by atoms with van der Waals surface area (Å²) in [4.78, 5) is 14.1. The van der Waals surface area contributed by atoms with E-state index in [1.165, 1.54) is 38.5 Å². The van der Waals surface area contributed by atoms with Gasteiger partial charge < -0.3 is 4.90 Å². The highest BCUT2D eigenvalue weighted by molar-refractivity contribution is 5.77. The molecule has 17 heavy (non-hydrogen) atoms. The largest absolute Gasteiger partial charge is 0.341 e. The monoisotopic (exact) mass is 237 g/mol. The number of amides is 1. The molecule has 0 bridgehead atoms. The van der Waals surface area contributed by atoms with Crippen LogP contribution in [0.3, 0.4) is 0 Å². The number of likely N-dealkylation sites (tertiary alicyclic amines) is 1. The summed E-state index contributed by atoms with van der Waals surface area (Å²) in [6.45, 7) is 6.54. The molecular formula is C15H27NO. The van der Waals surface area contributed by atoms with E-state index in [2.05, 4.69) is 18.7 Å². The highest BCUT2D eigenvalue weighted by atomic mass is 16.2. The summed E-state index contributed by atoms with van der Waals surface area (Å²) in [7, 11) is 0. The van der Waals surface area contributed by atoms with E-state index < -0.39 is 0 Å². The first-order chi connectivity index (χ1) is 8.19. The minimum atomic E-state index is 0.412. The molecule has 1 saturated carbocycles. The van der Waals surface area contributed by atoms with Crippen LogP contribution in [0.15, 0.2) is 0 Å². The Morgan fingerprint density at radius 2 is 1.76 bits per heavy atom. The molecule has 0 aromatic carbocycles. The van der Waals surface area contributed by atoms with Crippen LogP contribution in [0.4, 0.5) is 0 Å². The predicted octanol–water partition coefficient (Wildman–Crippen LogP) is 3.61. The highest BCUT2D eigenvalue weighted by Crippen LogP contribution is 2.37. The Morgan fingerprint density at radius 1 is 1.18 bits per heavy atom. The third-order valence-electron chi connectivity index (χ3n) is 5.15. The van der Waals surface area contributed by atoms with Gasteiger partial charge in [0.05, 0.1) is 0 Å². The normalized spacial score (nSPS) is 23.8. The van der Waals surface area contributed by atoms with Crippen molar-refractivity contribution in [3.05, 3.63) is 0 Å². The Bertz CT molecular complexity index is 256. The van der Waals surface area contributed by atoms with Gasteiger partial charge in [0.1, 0.15) is 0 Å².